The number of alkyl halides is 2. The molecule has 0 bridgehead atoms. The van der Waals surface area contributed by atoms with Crippen molar-refractivity contribution in [2.75, 3.05) is 14.2 Å². The number of aromatic nitrogens is 1. The molecule has 0 aliphatic heterocycles. The highest BCUT2D eigenvalue weighted by molar-refractivity contribution is 7.10. The van der Waals surface area contributed by atoms with Crippen molar-refractivity contribution >= 4 is 23.5 Å². The van der Waals surface area contributed by atoms with Crippen LogP contribution in [0.15, 0.2) is 47.8 Å². The van der Waals surface area contributed by atoms with Crippen LogP contribution in [0.4, 0.5) is 8.78 Å². The fraction of sp³-hybridized carbons (Fsp3) is 0.150. The van der Waals surface area contributed by atoms with Crippen LogP contribution in [0.2, 0.25) is 0 Å². The van der Waals surface area contributed by atoms with Crippen LogP contribution in [0.5, 0.6) is 17.2 Å². The Bertz CT molecular complexity index is 940. The number of benzene rings is 2. The van der Waals surface area contributed by atoms with E-state index in [1.807, 2.05) is 23.6 Å². The summed E-state index contributed by atoms with van der Waals surface area (Å²) in [5, 5.41) is 2.66. The summed E-state index contributed by atoms with van der Waals surface area (Å²) in [6.07, 6.45) is 3.47. The summed E-state index contributed by atoms with van der Waals surface area (Å²) in [7, 11) is 3.16. The van der Waals surface area contributed by atoms with Crippen LogP contribution in [0.1, 0.15) is 10.6 Å². The zero-order valence-electron chi connectivity index (χ0n) is 14.7. The minimum atomic E-state index is -2.86. The standard InChI is InChI=1S/C20H17F2NO3S/c1-24-17-9-7-14(11-18(17)25-2)15-12-27-19(23-15)10-8-13-5-3-4-6-16(13)26-20(21)22/h3-12,20H,1-2H3/b10-8+. The van der Waals surface area contributed by atoms with E-state index in [0.717, 1.165) is 16.3 Å². The molecule has 0 saturated heterocycles. The molecule has 3 aromatic rings. The predicted molar refractivity (Wildman–Crippen MR) is 103 cm³/mol. The zero-order valence-corrected chi connectivity index (χ0v) is 15.5. The predicted octanol–water partition coefficient (Wildman–Crippen LogP) is 5.60. The Morgan fingerprint density at radius 2 is 1.74 bits per heavy atom. The molecule has 0 atom stereocenters. The third-order valence-electron chi connectivity index (χ3n) is 3.74. The van der Waals surface area contributed by atoms with E-state index in [-0.39, 0.29) is 5.75 Å². The molecule has 0 spiro atoms. The van der Waals surface area contributed by atoms with Gasteiger partial charge in [-0.1, -0.05) is 18.2 Å². The van der Waals surface area contributed by atoms with Gasteiger partial charge >= 0.3 is 6.61 Å². The molecule has 0 saturated carbocycles. The molecule has 1 heterocycles. The van der Waals surface area contributed by atoms with Gasteiger partial charge in [-0.2, -0.15) is 8.78 Å². The molecule has 27 heavy (non-hydrogen) atoms. The maximum Gasteiger partial charge on any atom is 0.387 e. The van der Waals surface area contributed by atoms with Gasteiger partial charge in [-0.15, -0.1) is 11.3 Å². The molecule has 0 radical (unpaired) electrons. The first-order valence-corrected chi connectivity index (χ1v) is 8.88. The summed E-state index contributed by atoms with van der Waals surface area (Å²) >= 11 is 1.45. The highest BCUT2D eigenvalue weighted by Gasteiger charge is 2.10. The van der Waals surface area contributed by atoms with Gasteiger partial charge in [-0.25, -0.2) is 4.98 Å². The first kappa shape index (κ1) is 18.8. The number of hydrogen-bond donors (Lipinski definition) is 0. The highest BCUT2D eigenvalue weighted by Crippen LogP contribution is 2.33. The minimum Gasteiger partial charge on any atom is -0.493 e. The Kier molecular flexibility index (Phi) is 6.03. The average molecular weight is 389 g/mol. The third-order valence-corrected chi connectivity index (χ3v) is 4.55. The number of methoxy groups -OCH3 is 2. The SMILES string of the molecule is COc1ccc(-c2csc(/C=C/c3ccccc3OC(F)F)n2)cc1OC. The van der Waals surface area contributed by atoms with Crippen molar-refractivity contribution in [1.29, 1.82) is 0 Å². The topological polar surface area (TPSA) is 40.6 Å². The number of thiazole rings is 1. The van der Waals surface area contributed by atoms with E-state index in [0.29, 0.717) is 17.1 Å². The van der Waals surface area contributed by atoms with E-state index in [2.05, 4.69) is 9.72 Å². The lowest BCUT2D eigenvalue weighted by molar-refractivity contribution is -0.0499. The second-order valence-corrected chi connectivity index (χ2v) is 6.28. The van der Waals surface area contributed by atoms with Crippen molar-refractivity contribution in [1.82, 2.24) is 4.98 Å². The molecule has 0 aliphatic rings. The third kappa shape index (κ3) is 4.62. The van der Waals surface area contributed by atoms with Crippen LogP contribution in [-0.4, -0.2) is 25.8 Å². The number of rotatable bonds is 7. The van der Waals surface area contributed by atoms with Gasteiger partial charge in [0.15, 0.2) is 11.5 Å². The molecule has 140 valence electrons. The molecule has 0 N–H and O–H groups in total. The monoisotopic (exact) mass is 389 g/mol. The van der Waals surface area contributed by atoms with E-state index in [9.17, 15) is 8.78 Å². The Labute approximate surface area is 159 Å². The molecular formula is C20H17F2NO3S. The lowest BCUT2D eigenvalue weighted by atomic mass is 10.1. The van der Waals surface area contributed by atoms with Gasteiger partial charge < -0.3 is 14.2 Å². The van der Waals surface area contributed by atoms with Crippen LogP contribution in [-0.2, 0) is 0 Å². The molecule has 4 nitrogen and oxygen atoms in total. The van der Waals surface area contributed by atoms with Crippen molar-refractivity contribution in [3.05, 3.63) is 58.4 Å². The molecule has 0 unspecified atom stereocenters. The number of para-hydroxylation sites is 1. The molecule has 2 aromatic carbocycles. The highest BCUT2D eigenvalue weighted by atomic mass is 32.1. The Hall–Kier alpha value is -2.93. The Balaban J connectivity index is 1.82. The second-order valence-electron chi connectivity index (χ2n) is 5.39. The summed E-state index contributed by atoms with van der Waals surface area (Å²) in [5.74, 6) is 1.39. The van der Waals surface area contributed by atoms with Crippen molar-refractivity contribution in [3.8, 4) is 28.5 Å². The van der Waals surface area contributed by atoms with Crippen molar-refractivity contribution in [2.24, 2.45) is 0 Å². The van der Waals surface area contributed by atoms with Gasteiger partial charge in [0.25, 0.3) is 0 Å². The van der Waals surface area contributed by atoms with Crippen LogP contribution >= 0.6 is 11.3 Å². The van der Waals surface area contributed by atoms with Crippen LogP contribution in [0.25, 0.3) is 23.4 Å². The van der Waals surface area contributed by atoms with Gasteiger partial charge in [0.2, 0.25) is 0 Å². The molecule has 7 heteroatoms. The van der Waals surface area contributed by atoms with Crippen LogP contribution < -0.4 is 14.2 Å². The number of halogens is 2. The van der Waals surface area contributed by atoms with E-state index in [1.165, 1.54) is 17.4 Å². The molecule has 1 aromatic heterocycles. The normalized spacial score (nSPS) is 11.1. The van der Waals surface area contributed by atoms with E-state index < -0.39 is 6.61 Å². The smallest absolute Gasteiger partial charge is 0.387 e. The first-order valence-electron chi connectivity index (χ1n) is 8.00. The van der Waals surface area contributed by atoms with Crippen molar-refractivity contribution in [3.63, 3.8) is 0 Å². The molecule has 3 rings (SSSR count). The van der Waals surface area contributed by atoms with E-state index in [1.54, 1.807) is 44.6 Å². The van der Waals surface area contributed by atoms with Crippen LogP contribution in [0.3, 0.4) is 0 Å². The fourth-order valence-corrected chi connectivity index (χ4v) is 3.19. The fourth-order valence-electron chi connectivity index (χ4n) is 2.47. The quantitative estimate of drug-likeness (QED) is 0.527. The molecular weight excluding hydrogens is 372 g/mol. The maximum absolute atomic E-state index is 12.5. The molecule has 0 aliphatic carbocycles. The number of hydrogen-bond acceptors (Lipinski definition) is 5. The number of ether oxygens (including phenoxy) is 3. The summed E-state index contributed by atoms with van der Waals surface area (Å²) in [6.45, 7) is -2.86. The summed E-state index contributed by atoms with van der Waals surface area (Å²) < 4.78 is 40.1. The lowest BCUT2D eigenvalue weighted by Gasteiger charge is -2.08. The van der Waals surface area contributed by atoms with E-state index >= 15 is 0 Å². The van der Waals surface area contributed by atoms with Gasteiger partial charge in [-0.3, -0.25) is 0 Å². The van der Waals surface area contributed by atoms with Crippen LogP contribution in [0, 0.1) is 0 Å². The van der Waals surface area contributed by atoms with Gasteiger partial charge in [-0.05, 0) is 36.4 Å². The molecule has 0 amide bonds. The summed E-state index contributed by atoms with van der Waals surface area (Å²) in [5.41, 5.74) is 2.24. The second kappa shape index (κ2) is 8.64. The van der Waals surface area contributed by atoms with Crippen molar-refractivity contribution in [2.45, 2.75) is 6.61 Å². The minimum absolute atomic E-state index is 0.125. The Morgan fingerprint density at radius 3 is 2.48 bits per heavy atom. The van der Waals surface area contributed by atoms with Crippen molar-refractivity contribution < 1.29 is 23.0 Å². The number of nitrogens with zero attached hydrogens (tertiary/aromatic N) is 1. The van der Waals surface area contributed by atoms with Gasteiger partial charge in [0, 0.05) is 16.5 Å². The van der Waals surface area contributed by atoms with Gasteiger partial charge in [0.05, 0.1) is 19.9 Å². The molecule has 0 fully saturated rings. The lowest BCUT2D eigenvalue weighted by Crippen LogP contribution is -2.02. The summed E-state index contributed by atoms with van der Waals surface area (Å²) in [6, 6.07) is 12.2. The summed E-state index contributed by atoms with van der Waals surface area (Å²) in [4.78, 5) is 4.56. The average Bonchev–Trinajstić information content (AvgIpc) is 3.15. The largest absolute Gasteiger partial charge is 0.493 e. The zero-order chi connectivity index (χ0) is 19.2. The maximum atomic E-state index is 12.5. The van der Waals surface area contributed by atoms with Gasteiger partial charge in [0.1, 0.15) is 10.8 Å². The Morgan fingerprint density at radius 1 is 0.963 bits per heavy atom. The first-order chi connectivity index (χ1) is 13.1. The van der Waals surface area contributed by atoms with E-state index in [4.69, 9.17) is 9.47 Å².